The highest BCUT2D eigenvalue weighted by atomic mass is 16.4. The molecule has 0 amide bonds. The van der Waals surface area contributed by atoms with Gasteiger partial charge in [-0.2, -0.15) is 0 Å². The largest absolute Gasteiger partial charge is 0.478 e. The Morgan fingerprint density at radius 2 is 1.06 bits per heavy atom. The summed E-state index contributed by atoms with van der Waals surface area (Å²) in [5.74, 6) is -0.916. The number of rotatable bonds is 5. The lowest BCUT2D eigenvalue weighted by Crippen LogP contribution is -2.09. The molecule has 3 heteroatoms. The average molecular weight is 415 g/mol. The van der Waals surface area contributed by atoms with Gasteiger partial charge in [-0.15, -0.1) is 0 Å². The summed E-state index contributed by atoms with van der Waals surface area (Å²) in [6.45, 7) is 0. The number of carboxylic acid groups (broad SMARTS) is 1. The second-order valence-corrected chi connectivity index (χ2v) is 7.63. The summed E-state index contributed by atoms with van der Waals surface area (Å²) >= 11 is 0. The van der Waals surface area contributed by atoms with E-state index in [0.29, 0.717) is 0 Å². The minimum atomic E-state index is -0.916. The van der Waals surface area contributed by atoms with Crippen LogP contribution < -0.4 is 4.90 Å². The van der Waals surface area contributed by atoms with E-state index in [2.05, 4.69) is 83.8 Å². The lowest BCUT2D eigenvalue weighted by Gasteiger charge is -2.26. The number of hydrogen-bond acceptors (Lipinski definition) is 2. The van der Waals surface area contributed by atoms with Crippen LogP contribution in [0.2, 0.25) is 0 Å². The van der Waals surface area contributed by atoms with Crippen molar-refractivity contribution >= 4 is 33.8 Å². The number of para-hydroxylation sites is 1. The zero-order valence-corrected chi connectivity index (χ0v) is 17.3. The van der Waals surface area contributed by atoms with Gasteiger partial charge in [-0.05, 0) is 70.4 Å². The standard InChI is InChI=1S/C29H21NO2/c31-29(32)24-12-10-22(11-13-24)23-14-17-27(18-15-23)30(26-8-2-1-3-9-26)28-19-16-21-6-4-5-7-25(21)20-28/h1-20H,(H,31,32). The summed E-state index contributed by atoms with van der Waals surface area (Å²) in [5.41, 5.74) is 5.54. The summed E-state index contributed by atoms with van der Waals surface area (Å²) in [7, 11) is 0. The Morgan fingerprint density at radius 1 is 0.531 bits per heavy atom. The number of fused-ring (bicyclic) bond motifs is 1. The van der Waals surface area contributed by atoms with E-state index in [1.165, 1.54) is 10.8 Å². The monoisotopic (exact) mass is 415 g/mol. The van der Waals surface area contributed by atoms with E-state index in [1.54, 1.807) is 12.1 Å². The van der Waals surface area contributed by atoms with Crippen LogP contribution in [0.3, 0.4) is 0 Å². The molecule has 0 aliphatic heterocycles. The third-order valence-electron chi connectivity index (χ3n) is 5.60. The topological polar surface area (TPSA) is 40.5 Å². The van der Waals surface area contributed by atoms with Crippen molar-refractivity contribution in [2.24, 2.45) is 0 Å². The molecule has 0 saturated carbocycles. The number of aromatic carboxylic acids is 1. The molecule has 0 fully saturated rings. The molecule has 1 N–H and O–H groups in total. The van der Waals surface area contributed by atoms with Gasteiger partial charge >= 0.3 is 5.97 Å². The molecule has 0 atom stereocenters. The number of carboxylic acids is 1. The van der Waals surface area contributed by atoms with Crippen LogP contribution in [0.25, 0.3) is 21.9 Å². The fourth-order valence-electron chi connectivity index (χ4n) is 3.95. The van der Waals surface area contributed by atoms with Crippen LogP contribution in [-0.2, 0) is 0 Å². The Kier molecular flexibility index (Phi) is 5.14. The second-order valence-electron chi connectivity index (χ2n) is 7.63. The van der Waals surface area contributed by atoms with Gasteiger partial charge in [-0.1, -0.05) is 72.8 Å². The molecular formula is C29H21NO2. The molecule has 0 bridgehead atoms. The first-order chi connectivity index (χ1) is 15.7. The van der Waals surface area contributed by atoms with Crippen LogP contribution >= 0.6 is 0 Å². The van der Waals surface area contributed by atoms with Gasteiger partial charge in [0, 0.05) is 17.1 Å². The Labute approximate surface area is 186 Å². The molecule has 0 aliphatic rings. The summed E-state index contributed by atoms with van der Waals surface area (Å²) in [5, 5.41) is 11.5. The van der Waals surface area contributed by atoms with Gasteiger partial charge in [0.05, 0.1) is 5.56 Å². The number of benzene rings is 5. The van der Waals surface area contributed by atoms with E-state index >= 15 is 0 Å². The third-order valence-corrected chi connectivity index (χ3v) is 5.60. The predicted octanol–water partition coefficient (Wildman–Crippen LogP) is 7.67. The number of carbonyl (C=O) groups is 1. The molecule has 5 rings (SSSR count). The Hall–Kier alpha value is -4.37. The summed E-state index contributed by atoms with van der Waals surface area (Å²) in [4.78, 5) is 13.4. The van der Waals surface area contributed by atoms with Gasteiger partial charge in [-0.25, -0.2) is 4.79 Å². The van der Waals surface area contributed by atoms with Crippen molar-refractivity contribution in [3.05, 3.63) is 127 Å². The van der Waals surface area contributed by atoms with Gasteiger partial charge in [0.15, 0.2) is 0 Å². The zero-order valence-electron chi connectivity index (χ0n) is 17.3. The highest BCUT2D eigenvalue weighted by molar-refractivity contribution is 5.90. The fraction of sp³-hybridized carbons (Fsp3) is 0. The summed E-state index contributed by atoms with van der Waals surface area (Å²) in [6, 6.07) is 40.5. The molecule has 154 valence electrons. The highest BCUT2D eigenvalue weighted by Crippen LogP contribution is 2.36. The molecule has 5 aromatic rings. The molecule has 0 radical (unpaired) electrons. The van der Waals surface area contributed by atoms with Crippen LogP contribution in [-0.4, -0.2) is 11.1 Å². The third kappa shape index (κ3) is 3.84. The first-order valence-electron chi connectivity index (χ1n) is 10.5. The molecule has 0 heterocycles. The molecule has 0 unspecified atom stereocenters. The Bertz CT molecular complexity index is 1370. The van der Waals surface area contributed by atoms with Crippen molar-refractivity contribution in [1.29, 1.82) is 0 Å². The van der Waals surface area contributed by atoms with E-state index in [9.17, 15) is 4.79 Å². The number of hydrogen-bond donors (Lipinski definition) is 1. The van der Waals surface area contributed by atoms with Gasteiger partial charge in [-0.3, -0.25) is 0 Å². The van der Waals surface area contributed by atoms with E-state index < -0.39 is 5.97 Å². The molecule has 0 aromatic heterocycles. The van der Waals surface area contributed by atoms with E-state index in [0.717, 1.165) is 28.2 Å². The maximum Gasteiger partial charge on any atom is 0.335 e. The van der Waals surface area contributed by atoms with E-state index in [1.807, 2.05) is 30.3 Å². The van der Waals surface area contributed by atoms with E-state index in [4.69, 9.17) is 5.11 Å². The average Bonchev–Trinajstić information content (AvgIpc) is 2.85. The van der Waals surface area contributed by atoms with Crippen molar-refractivity contribution in [3.63, 3.8) is 0 Å². The maximum absolute atomic E-state index is 11.1. The SMILES string of the molecule is O=C(O)c1ccc(-c2ccc(N(c3ccccc3)c3ccc4ccccc4c3)cc2)cc1. The van der Waals surface area contributed by atoms with Gasteiger partial charge < -0.3 is 10.0 Å². The van der Waals surface area contributed by atoms with Crippen molar-refractivity contribution in [2.75, 3.05) is 4.90 Å². The molecular weight excluding hydrogens is 394 g/mol. The van der Waals surface area contributed by atoms with Crippen molar-refractivity contribution in [2.45, 2.75) is 0 Å². The minimum Gasteiger partial charge on any atom is -0.478 e. The predicted molar refractivity (Wildman–Crippen MR) is 131 cm³/mol. The normalized spacial score (nSPS) is 10.8. The van der Waals surface area contributed by atoms with Crippen LogP contribution in [0.5, 0.6) is 0 Å². The highest BCUT2D eigenvalue weighted by Gasteiger charge is 2.13. The van der Waals surface area contributed by atoms with Crippen LogP contribution in [0.4, 0.5) is 17.1 Å². The fourth-order valence-corrected chi connectivity index (χ4v) is 3.95. The Balaban J connectivity index is 1.55. The van der Waals surface area contributed by atoms with Crippen LogP contribution in [0.1, 0.15) is 10.4 Å². The molecule has 32 heavy (non-hydrogen) atoms. The summed E-state index contributed by atoms with van der Waals surface area (Å²) in [6.07, 6.45) is 0. The van der Waals surface area contributed by atoms with Gasteiger partial charge in [0.25, 0.3) is 0 Å². The number of anilines is 3. The van der Waals surface area contributed by atoms with Crippen LogP contribution in [0, 0.1) is 0 Å². The molecule has 0 aliphatic carbocycles. The smallest absolute Gasteiger partial charge is 0.335 e. The summed E-state index contributed by atoms with van der Waals surface area (Å²) < 4.78 is 0. The lowest BCUT2D eigenvalue weighted by atomic mass is 10.0. The van der Waals surface area contributed by atoms with Crippen molar-refractivity contribution in [3.8, 4) is 11.1 Å². The Morgan fingerprint density at radius 3 is 1.72 bits per heavy atom. The van der Waals surface area contributed by atoms with Gasteiger partial charge in [0.2, 0.25) is 0 Å². The zero-order chi connectivity index (χ0) is 21.9. The molecule has 5 aromatic carbocycles. The molecule has 0 spiro atoms. The first-order valence-corrected chi connectivity index (χ1v) is 10.5. The van der Waals surface area contributed by atoms with Crippen molar-refractivity contribution in [1.82, 2.24) is 0 Å². The maximum atomic E-state index is 11.1. The lowest BCUT2D eigenvalue weighted by molar-refractivity contribution is 0.0697. The van der Waals surface area contributed by atoms with E-state index in [-0.39, 0.29) is 5.56 Å². The van der Waals surface area contributed by atoms with Crippen LogP contribution in [0.15, 0.2) is 121 Å². The first kappa shape index (κ1) is 19.6. The quantitative estimate of drug-likeness (QED) is 0.320. The minimum absolute atomic E-state index is 0.289. The molecule has 3 nitrogen and oxygen atoms in total. The number of nitrogens with zero attached hydrogens (tertiary/aromatic N) is 1. The van der Waals surface area contributed by atoms with Crippen molar-refractivity contribution < 1.29 is 9.90 Å². The molecule has 0 saturated heterocycles. The van der Waals surface area contributed by atoms with Gasteiger partial charge in [0.1, 0.15) is 0 Å². The second kappa shape index (κ2) is 8.40.